The van der Waals surface area contributed by atoms with Gasteiger partial charge in [0.15, 0.2) is 0 Å². The van der Waals surface area contributed by atoms with E-state index in [1.165, 1.54) is 51.4 Å². The Balaban J connectivity index is 0.000000116. The number of hydrogen-bond acceptors (Lipinski definition) is 15. The molecule has 12 aromatic rings. The highest BCUT2D eigenvalue weighted by Crippen LogP contribution is 2.46. The Kier molecular flexibility index (Phi) is 16.6. The Morgan fingerprint density at radius 2 is 0.969 bits per heavy atom. The van der Waals surface area contributed by atoms with E-state index in [-0.39, 0.29) is 0 Å². The fraction of sp³-hybridized carbons (Fsp3) is 0.0204. The molecule has 314 valence electrons. The maximum absolute atomic E-state index is 4.52. The van der Waals surface area contributed by atoms with E-state index in [2.05, 4.69) is 119 Å². The SMILES string of the molecule is CN1c2ccccc2Sc2ccccc21.c1ccc2nc3ccccc3nc2c1.c1ccc2nccnc2c1.c1ccc2ncncc2c1.c1cnoc1.c1cnon1.c1cnsc1. The molecular formula is C49H39N11O2S2. The minimum absolute atomic E-state index is 0.949. The second-order valence-corrected chi connectivity index (χ2v) is 14.7. The third-order valence-electron chi connectivity index (χ3n) is 8.68. The van der Waals surface area contributed by atoms with Crippen LogP contribution in [-0.4, -0.2) is 56.8 Å². The number of para-hydroxylation sites is 9. The highest BCUT2D eigenvalue weighted by atomic mass is 32.2. The summed E-state index contributed by atoms with van der Waals surface area (Å²) >= 11 is 3.31. The minimum Gasteiger partial charge on any atom is -0.365 e. The number of rotatable bonds is 0. The van der Waals surface area contributed by atoms with Gasteiger partial charge in [-0.15, -0.1) is 0 Å². The molecule has 6 aromatic heterocycles. The molecule has 6 aromatic carbocycles. The monoisotopic (exact) mass is 877 g/mol. The summed E-state index contributed by atoms with van der Waals surface area (Å²) in [7, 11) is 2.12. The first-order valence-electron chi connectivity index (χ1n) is 19.6. The molecule has 0 radical (unpaired) electrons. The standard InChI is InChI=1S/C13H11NS.C12H8N2.2C8H6N2.C3H3NO.C3H3NS.C2H2N2O/c1-14-10-6-2-4-8-12(10)15-13-9-5-3-7-11(13)14;1-2-6-10-9(5-1)13-11-7-3-4-8-12(11)14-10;1-2-4-8-7(3-1)5-9-6-10-8;1-2-4-8-7(3-1)9-5-6-10-8;3*1-2-4-5-3-1/h2-9H,1H3;1-8H;2*1-6H;2*1-3H;1-2H. The van der Waals surface area contributed by atoms with E-state index >= 15 is 0 Å². The van der Waals surface area contributed by atoms with E-state index in [0.29, 0.717) is 0 Å². The van der Waals surface area contributed by atoms with E-state index in [9.17, 15) is 0 Å². The largest absolute Gasteiger partial charge is 0.365 e. The van der Waals surface area contributed by atoms with Crippen molar-refractivity contribution in [2.24, 2.45) is 0 Å². The zero-order valence-corrected chi connectivity index (χ0v) is 36.0. The average molecular weight is 878 g/mol. The van der Waals surface area contributed by atoms with Crippen LogP contribution in [0.3, 0.4) is 0 Å². The lowest BCUT2D eigenvalue weighted by Crippen LogP contribution is -2.14. The first-order valence-corrected chi connectivity index (χ1v) is 21.3. The molecule has 0 aliphatic carbocycles. The summed E-state index contributed by atoms with van der Waals surface area (Å²) in [5.74, 6) is 0. The van der Waals surface area contributed by atoms with Crippen molar-refractivity contribution in [1.29, 1.82) is 0 Å². The Labute approximate surface area is 376 Å². The van der Waals surface area contributed by atoms with E-state index in [4.69, 9.17) is 0 Å². The first-order chi connectivity index (χ1) is 31.7. The number of hydrogen-bond donors (Lipinski definition) is 0. The fourth-order valence-corrected chi connectivity index (χ4v) is 7.28. The van der Waals surface area contributed by atoms with Crippen LogP contribution in [0.25, 0.3) is 44.0 Å². The van der Waals surface area contributed by atoms with Crippen LogP contribution >= 0.6 is 23.3 Å². The summed E-state index contributed by atoms with van der Waals surface area (Å²) in [6, 6.07) is 52.2. The van der Waals surface area contributed by atoms with Gasteiger partial charge < -0.3 is 9.42 Å². The lowest BCUT2D eigenvalue weighted by molar-refractivity contribution is 0.307. The molecule has 7 heterocycles. The molecule has 1 aliphatic heterocycles. The van der Waals surface area contributed by atoms with Crippen molar-refractivity contribution < 1.29 is 9.15 Å². The third-order valence-corrected chi connectivity index (χ3v) is 10.3. The second kappa shape index (κ2) is 24.2. The van der Waals surface area contributed by atoms with Gasteiger partial charge in [0.1, 0.15) is 12.6 Å². The third kappa shape index (κ3) is 13.1. The van der Waals surface area contributed by atoms with Crippen molar-refractivity contribution in [3.05, 3.63) is 219 Å². The van der Waals surface area contributed by atoms with Gasteiger partial charge in [-0.1, -0.05) is 106 Å². The summed E-state index contributed by atoms with van der Waals surface area (Å²) in [6.07, 6.45) is 14.6. The molecule has 0 fully saturated rings. The van der Waals surface area contributed by atoms with E-state index in [1.54, 1.807) is 37.2 Å². The minimum atomic E-state index is 0.949. The summed E-state index contributed by atoms with van der Waals surface area (Å²) < 4.78 is 12.2. The van der Waals surface area contributed by atoms with Crippen LogP contribution in [0.5, 0.6) is 0 Å². The molecule has 15 heteroatoms. The predicted octanol–water partition coefficient (Wildman–Crippen LogP) is 11.8. The molecule has 0 spiro atoms. The maximum atomic E-state index is 4.52. The lowest BCUT2D eigenvalue weighted by atomic mass is 10.2. The molecular weight excluding hydrogens is 839 g/mol. The molecule has 13 nitrogen and oxygen atoms in total. The Bertz CT molecular complexity index is 2690. The number of anilines is 2. The van der Waals surface area contributed by atoms with Crippen molar-refractivity contribution in [1.82, 2.24) is 49.7 Å². The summed E-state index contributed by atoms with van der Waals surface area (Å²) in [4.78, 5) is 30.2. The molecule has 0 saturated carbocycles. The molecule has 0 unspecified atom stereocenters. The smallest absolute Gasteiger partial charge is 0.123 e. The summed E-state index contributed by atoms with van der Waals surface area (Å²) in [5, 5.41) is 12.8. The van der Waals surface area contributed by atoms with Crippen LogP contribution < -0.4 is 4.90 Å². The van der Waals surface area contributed by atoms with Gasteiger partial charge in [0.2, 0.25) is 0 Å². The van der Waals surface area contributed by atoms with Gasteiger partial charge >= 0.3 is 0 Å². The number of benzene rings is 6. The van der Waals surface area contributed by atoms with Crippen LogP contribution in [0.2, 0.25) is 0 Å². The van der Waals surface area contributed by atoms with Gasteiger partial charge in [0.25, 0.3) is 0 Å². The highest BCUT2D eigenvalue weighted by molar-refractivity contribution is 7.99. The molecule has 0 atom stereocenters. The quantitative estimate of drug-likeness (QED) is 0.132. The Morgan fingerprint density at radius 3 is 1.39 bits per heavy atom. The van der Waals surface area contributed by atoms with Crippen LogP contribution in [-0.2, 0) is 0 Å². The number of nitrogens with zero attached hydrogens (tertiary/aromatic N) is 11. The van der Waals surface area contributed by atoms with Gasteiger partial charge in [-0.2, -0.15) is 0 Å². The summed E-state index contributed by atoms with van der Waals surface area (Å²) in [6.45, 7) is 0. The zero-order valence-electron chi connectivity index (χ0n) is 34.3. The van der Waals surface area contributed by atoms with Crippen LogP contribution in [0.15, 0.2) is 238 Å². The van der Waals surface area contributed by atoms with Crippen molar-refractivity contribution in [3.63, 3.8) is 0 Å². The first kappa shape index (κ1) is 43.8. The molecule has 13 rings (SSSR count). The van der Waals surface area contributed by atoms with Crippen molar-refractivity contribution >= 4 is 78.7 Å². The van der Waals surface area contributed by atoms with Crippen LogP contribution in [0, 0.1) is 0 Å². The molecule has 64 heavy (non-hydrogen) atoms. The highest BCUT2D eigenvalue weighted by Gasteiger charge is 2.19. The Morgan fingerprint density at radius 1 is 0.453 bits per heavy atom. The van der Waals surface area contributed by atoms with E-state index < -0.39 is 0 Å². The number of fused-ring (bicyclic) bond motifs is 6. The molecule has 0 N–H and O–H groups in total. The topological polar surface area (TPSA) is 158 Å². The molecule has 0 bridgehead atoms. The van der Waals surface area contributed by atoms with E-state index in [0.717, 1.165) is 44.0 Å². The lowest BCUT2D eigenvalue weighted by Gasteiger charge is -2.29. The predicted molar refractivity (Wildman–Crippen MR) is 254 cm³/mol. The van der Waals surface area contributed by atoms with Gasteiger partial charge in [0.05, 0.1) is 68.6 Å². The van der Waals surface area contributed by atoms with Crippen LogP contribution in [0.1, 0.15) is 0 Å². The van der Waals surface area contributed by atoms with Crippen molar-refractivity contribution in [3.8, 4) is 0 Å². The number of aromatic nitrogens is 10. The average Bonchev–Trinajstić information content (AvgIpc) is 4.24. The fourth-order valence-electron chi connectivity index (χ4n) is 5.78. The van der Waals surface area contributed by atoms with Gasteiger partial charge in [-0.25, -0.2) is 28.9 Å². The zero-order chi connectivity index (χ0) is 43.9. The molecule has 0 saturated heterocycles. The summed E-state index contributed by atoms with van der Waals surface area (Å²) in [5.41, 5.74) is 9.28. The molecule has 0 amide bonds. The van der Waals surface area contributed by atoms with Crippen LogP contribution in [0.4, 0.5) is 11.4 Å². The maximum Gasteiger partial charge on any atom is 0.123 e. The van der Waals surface area contributed by atoms with Gasteiger partial charge in [-0.05, 0) is 90.4 Å². The Hall–Kier alpha value is -8.27. The van der Waals surface area contributed by atoms with Gasteiger partial charge in [-0.3, -0.25) is 9.97 Å². The van der Waals surface area contributed by atoms with Gasteiger partial charge in [0, 0.05) is 52.4 Å². The van der Waals surface area contributed by atoms with Crippen molar-refractivity contribution in [2.75, 3.05) is 11.9 Å². The molecule has 1 aliphatic rings. The second-order valence-electron chi connectivity index (χ2n) is 12.9. The van der Waals surface area contributed by atoms with E-state index in [1.807, 2.05) is 126 Å². The normalized spacial score (nSPS) is 10.5. The van der Waals surface area contributed by atoms with Crippen molar-refractivity contribution in [2.45, 2.75) is 9.79 Å².